The third-order valence-electron chi connectivity index (χ3n) is 1.43. The smallest absolute Gasteiger partial charge is 0.262 e. The van der Waals surface area contributed by atoms with Crippen LogP contribution in [0.25, 0.3) is 0 Å². The second-order valence-corrected chi connectivity index (χ2v) is 7.84. The Morgan fingerprint density at radius 1 is 1.31 bits per heavy atom. The fraction of sp³-hybridized carbons (Fsp3) is 0.500. The van der Waals surface area contributed by atoms with Crippen LogP contribution in [-0.4, -0.2) is 13.7 Å². The van der Waals surface area contributed by atoms with Crippen molar-refractivity contribution < 1.29 is 8.42 Å². The average Bonchev–Trinajstić information content (AvgIpc) is 2.33. The maximum absolute atomic E-state index is 11.6. The van der Waals surface area contributed by atoms with Crippen molar-refractivity contribution in [1.29, 1.82) is 0 Å². The van der Waals surface area contributed by atoms with E-state index in [9.17, 15) is 13.2 Å². The molecule has 0 radical (unpaired) electrons. The minimum atomic E-state index is -3.39. The van der Waals surface area contributed by atoms with E-state index in [4.69, 9.17) is 11.6 Å². The van der Waals surface area contributed by atoms with Gasteiger partial charge in [0.15, 0.2) is 14.0 Å². The van der Waals surface area contributed by atoms with E-state index in [-0.39, 0.29) is 14.0 Å². The van der Waals surface area contributed by atoms with Crippen LogP contribution in [0.1, 0.15) is 13.8 Å². The summed E-state index contributed by atoms with van der Waals surface area (Å²) in [5.41, 5.74) is 0. The van der Waals surface area contributed by atoms with Gasteiger partial charge in [0.1, 0.15) is 5.02 Å². The molecule has 0 fully saturated rings. The minimum absolute atomic E-state index is 0.000772. The van der Waals surface area contributed by atoms with E-state index >= 15 is 0 Å². The second kappa shape index (κ2) is 3.68. The molecule has 0 aliphatic heterocycles. The fourth-order valence-corrected chi connectivity index (χ4v) is 5.91. The van der Waals surface area contributed by atoms with Crippen molar-refractivity contribution in [1.82, 2.24) is 0 Å². The lowest BCUT2D eigenvalue weighted by Crippen LogP contribution is -2.13. The van der Waals surface area contributed by atoms with Crippen molar-refractivity contribution in [3.63, 3.8) is 0 Å². The molecule has 13 heavy (non-hydrogen) atoms. The van der Waals surface area contributed by atoms with E-state index < -0.39 is 15.1 Å². The van der Waals surface area contributed by atoms with E-state index in [1.165, 1.54) is 0 Å². The average molecular weight is 259 g/mol. The molecule has 1 aromatic heterocycles. The normalized spacial score (nSPS) is 12.3. The van der Waals surface area contributed by atoms with Crippen molar-refractivity contribution in [2.24, 2.45) is 0 Å². The Kier molecular flexibility index (Phi) is 3.16. The predicted octanol–water partition coefficient (Wildman–Crippen LogP) is 2.01. The molecule has 0 saturated carbocycles. The molecule has 1 aromatic rings. The summed E-state index contributed by atoms with van der Waals surface area (Å²) < 4.78 is 22.7. The first kappa shape index (κ1) is 11.2. The number of sulfone groups is 1. The van der Waals surface area contributed by atoms with Gasteiger partial charge in [-0.3, -0.25) is 4.79 Å². The van der Waals surface area contributed by atoms with E-state index in [0.717, 1.165) is 20.7 Å². The molecule has 0 saturated heterocycles. The molecule has 0 aliphatic rings. The van der Waals surface area contributed by atoms with Crippen LogP contribution in [0.15, 0.2) is 9.00 Å². The van der Waals surface area contributed by atoms with Crippen LogP contribution in [0.2, 0.25) is 5.02 Å². The van der Waals surface area contributed by atoms with Crippen LogP contribution in [0.4, 0.5) is 0 Å². The summed E-state index contributed by atoms with van der Waals surface area (Å²) in [5.74, 6) is 0. The molecule has 0 aromatic carbocycles. The van der Waals surface area contributed by atoms with Gasteiger partial charge >= 0.3 is 0 Å². The first-order valence-electron chi connectivity index (χ1n) is 3.40. The van der Waals surface area contributed by atoms with Gasteiger partial charge in [0.05, 0.1) is 5.25 Å². The highest BCUT2D eigenvalue weighted by molar-refractivity contribution is 7.96. The molecule has 7 heteroatoms. The van der Waals surface area contributed by atoms with Gasteiger partial charge in [-0.25, -0.2) is 8.42 Å². The van der Waals surface area contributed by atoms with Crippen molar-refractivity contribution in [3.05, 3.63) is 14.6 Å². The largest absolute Gasteiger partial charge is 0.275 e. The summed E-state index contributed by atoms with van der Waals surface area (Å²) in [4.78, 5) is 10.9. The standard InChI is InChI=1S/C6H7ClO3S3/c1-3(2)13(9,10)6-4(7)5(8)11-12-6/h3H,1-2H3. The first-order valence-corrected chi connectivity index (χ1v) is 7.47. The Balaban J connectivity index is 3.40. The molecule has 0 aliphatic carbocycles. The third-order valence-corrected chi connectivity index (χ3v) is 7.35. The summed E-state index contributed by atoms with van der Waals surface area (Å²) in [6.07, 6.45) is 0. The Morgan fingerprint density at radius 3 is 2.15 bits per heavy atom. The van der Waals surface area contributed by atoms with Gasteiger partial charge < -0.3 is 0 Å². The van der Waals surface area contributed by atoms with Crippen LogP contribution < -0.4 is 4.74 Å². The molecule has 0 bridgehead atoms. The van der Waals surface area contributed by atoms with Crippen LogP contribution in [0.5, 0.6) is 0 Å². The summed E-state index contributed by atoms with van der Waals surface area (Å²) in [6.45, 7) is 3.11. The van der Waals surface area contributed by atoms with Crippen molar-refractivity contribution in [3.8, 4) is 0 Å². The molecular formula is C6H7ClO3S3. The monoisotopic (exact) mass is 258 g/mol. The van der Waals surface area contributed by atoms with Gasteiger partial charge in [0, 0.05) is 0 Å². The summed E-state index contributed by atoms with van der Waals surface area (Å²) in [6, 6.07) is 0. The predicted molar refractivity (Wildman–Crippen MR) is 55.8 cm³/mol. The van der Waals surface area contributed by atoms with E-state index in [1.54, 1.807) is 13.8 Å². The molecule has 0 N–H and O–H groups in total. The highest BCUT2D eigenvalue weighted by atomic mass is 35.5. The first-order chi connectivity index (χ1) is 5.87. The quantitative estimate of drug-likeness (QED) is 0.763. The van der Waals surface area contributed by atoms with E-state index in [2.05, 4.69) is 0 Å². The Morgan fingerprint density at radius 2 is 1.85 bits per heavy atom. The SMILES string of the molecule is CC(C)S(=O)(=O)c1ssc(=O)c1Cl. The zero-order valence-electron chi connectivity index (χ0n) is 6.90. The van der Waals surface area contributed by atoms with Gasteiger partial charge in [-0.2, -0.15) is 0 Å². The number of rotatable bonds is 2. The molecule has 0 amide bonds. The van der Waals surface area contributed by atoms with Gasteiger partial charge in [-0.05, 0) is 24.2 Å². The minimum Gasteiger partial charge on any atom is -0.275 e. The van der Waals surface area contributed by atoms with Crippen LogP contribution >= 0.6 is 32.3 Å². The molecule has 0 atom stereocenters. The van der Waals surface area contributed by atoms with Crippen molar-refractivity contribution in [2.75, 3.05) is 0 Å². The second-order valence-electron chi connectivity index (χ2n) is 2.65. The van der Waals surface area contributed by atoms with Crippen molar-refractivity contribution >= 4 is 42.1 Å². The highest BCUT2D eigenvalue weighted by Crippen LogP contribution is 2.29. The molecular weight excluding hydrogens is 252 g/mol. The molecule has 3 nitrogen and oxygen atoms in total. The van der Waals surface area contributed by atoms with Crippen molar-refractivity contribution in [2.45, 2.75) is 23.3 Å². The number of halogens is 1. The zero-order valence-corrected chi connectivity index (χ0v) is 10.1. The zero-order chi connectivity index (χ0) is 10.2. The Bertz CT molecular complexity index is 454. The molecule has 1 heterocycles. The van der Waals surface area contributed by atoms with Crippen LogP contribution in [0.3, 0.4) is 0 Å². The fourth-order valence-electron chi connectivity index (χ4n) is 0.619. The lowest BCUT2D eigenvalue weighted by molar-refractivity contribution is 0.589. The third kappa shape index (κ3) is 1.96. The van der Waals surface area contributed by atoms with Gasteiger partial charge in [-0.15, -0.1) is 0 Å². The molecule has 0 spiro atoms. The maximum atomic E-state index is 11.6. The lowest BCUT2D eigenvalue weighted by atomic mass is 10.6. The van der Waals surface area contributed by atoms with Crippen LogP contribution in [0, 0.1) is 0 Å². The summed E-state index contributed by atoms with van der Waals surface area (Å²) in [5, 5.41) is -0.709. The summed E-state index contributed by atoms with van der Waals surface area (Å²) in [7, 11) is -1.62. The molecule has 0 unspecified atom stereocenters. The Hall–Kier alpha value is 0.0900. The number of hydrogen-bond acceptors (Lipinski definition) is 5. The van der Waals surface area contributed by atoms with Crippen LogP contribution in [-0.2, 0) is 9.84 Å². The van der Waals surface area contributed by atoms with E-state index in [0.29, 0.717) is 0 Å². The lowest BCUT2D eigenvalue weighted by Gasteiger charge is -2.03. The highest BCUT2D eigenvalue weighted by Gasteiger charge is 2.25. The topological polar surface area (TPSA) is 51.2 Å². The molecule has 1 rings (SSSR count). The van der Waals surface area contributed by atoms with Gasteiger partial charge in [0.25, 0.3) is 4.74 Å². The summed E-state index contributed by atoms with van der Waals surface area (Å²) >= 11 is 5.57. The Labute approximate surface area is 88.3 Å². The maximum Gasteiger partial charge on any atom is 0.262 e. The van der Waals surface area contributed by atoms with Gasteiger partial charge in [-0.1, -0.05) is 21.9 Å². The molecule has 74 valence electrons. The van der Waals surface area contributed by atoms with Gasteiger partial charge in [0.2, 0.25) is 0 Å². The van der Waals surface area contributed by atoms with E-state index in [1.807, 2.05) is 0 Å². The number of hydrogen-bond donors (Lipinski definition) is 0.